The first kappa shape index (κ1) is 16.1. The van der Waals surface area contributed by atoms with Gasteiger partial charge in [-0.25, -0.2) is 0 Å². The summed E-state index contributed by atoms with van der Waals surface area (Å²) in [6, 6.07) is 12.1. The van der Waals surface area contributed by atoms with Gasteiger partial charge in [-0.2, -0.15) is 13.2 Å². The molecule has 2 nitrogen and oxygen atoms in total. The van der Waals surface area contributed by atoms with Crippen LogP contribution < -0.4 is 5.32 Å². The van der Waals surface area contributed by atoms with Crippen molar-refractivity contribution in [3.05, 3.63) is 63.2 Å². The average molecular weight is 407 g/mol. The summed E-state index contributed by atoms with van der Waals surface area (Å²) in [5, 5.41) is 13.0. The Kier molecular flexibility index (Phi) is 5.10. The number of anilines is 1. The largest absolute Gasteiger partial charge is 0.416 e. The Bertz CT molecular complexity index is 581. The molecule has 0 fully saturated rings. The molecule has 0 aromatic heterocycles. The maximum Gasteiger partial charge on any atom is 0.416 e. The molecule has 0 heterocycles. The third-order valence-corrected chi connectivity index (χ3v) is 3.69. The fraction of sp³-hybridized carbons (Fsp3) is 0.200. The predicted octanol–water partition coefficient (Wildman–Crippen LogP) is 4.46. The van der Waals surface area contributed by atoms with Crippen molar-refractivity contribution in [2.45, 2.75) is 12.3 Å². The van der Waals surface area contributed by atoms with Gasteiger partial charge in [0, 0.05) is 15.8 Å². The molecule has 112 valence electrons. The van der Waals surface area contributed by atoms with Crippen LogP contribution in [0.15, 0.2) is 48.5 Å². The summed E-state index contributed by atoms with van der Waals surface area (Å²) in [7, 11) is 0. The van der Waals surface area contributed by atoms with Crippen LogP contribution in [0.4, 0.5) is 18.9 Å². The number of rotatable bonds is 4. The van der Waals surface area contributed by atoms with E-state index < -0.39 is 17.8 Å². The predicted molar refractivity (Wildman–Crippen MR) is 84.1 cm³/mol. The van der Waals surface area contributed by atoms with Crippen molar-refractivity contribution in [3.63, 3.8) is 0 Å². The fourth-order valence-corrected chi connectivity index (χ4v) is 2.15. The lowest BCUT2D eigenvalue weighted by Crippen LogP contribution is -2.12. The number of hydrogen-bond donors (Lipinski definition) is 2. The zero-order valence-electron chi connectivity index (χ0n) is 10.9. The van der Waals surface area contributed by atoms with E-state index in [1.807, 2.05) is 24.3 Å². The number of hydrogen-bond acceptors (Lipinski definition) is 2. The second kappa shape index (κ2) is 6.65. The van der Waals surface area contributed by atoms with Crippen molar-refractivity contribution in [2.24, 2.45) is 0 Å². The molecule has 0 spiro atoms. The molecule has 0 saturated carbocycles. The second-order valence-electron chi connectivity index (χ2n) is 4.52. The molecular formula is C15H13F3INO. The van der Waals surface area contributed by atoms with Gasteiger partial charge in [-0.05, 0) is 64.6 Å². The molecule has 2 rings (SSSR count). The van der Waals surface area contributed by atoms with Gasteiger partial charge in [-0.3, -0.25) is 0 Å². The summed E-state index contributed by atoms with van der Waals surface area (Å²) in [6.45, 7) is 0.228. The summed E-state index contributed by atoms with van der Waals surface area (Å²) < 4.78 is 38.4. The SMILES string of the molecule is OC(CNc1ccc(I)cc1)c1ccc(C(F)(F)F)cc1. The minimum absolute atomic E-state index is 0.228. The van der Waals surface area contributed by atoms with Crippen LogP contribution in [-0.4, -0.2) is 11.7 Å². The molecule has 6 heteroatoms. The lowest BCUT2D eigenvalue weighted by molar-refractivity contribution is -0.137. The van der Waals surface area contributed by atoms with Crippen molar-refractivity contribution in [1.29, 1.82) is 0 Å². The van der Waals surface area contributed by atoms with E-state index in [1.54, 1.807) is 0 Å². The maximum atomic E-state index is 12.4. The molecule has 0 amide bonds. The molecule has 2 aromatic carbocycles. The van der Waals surface area contributed by atoms with Gasteiger partial charge in [0.25, 0.3) is 0 Å². The maximum absolute atomic E-state index is 12.4. The van der Waals surface area contributed by atoms with Crippen LogP contribution in [-0.2, 0) is 6.18 Å². The lowest BCUT2D eigenvalue weighted by Gasteiger charge is -2.14. The highest BCUT2D eigenvalue weighted by Gasteiger charge is 2.30. The molecule has 1 unspecified atom stereocenters. The number of aliphatic hydroxyl groups is 1. The van der Waals surface area contributed by atoms with Crippen LogP contribution >= 0.6 is 22.6 Å². The summed E-state index contributed by atoms with van der Waals surface area (Å²) in [6.07, 6.45) is -5.23. The Morgan fingerprint density at radius 1 is 1.00 bits per heavy atom. The molecule has 0 aliphatic carbocycles. The van der Waals surface area contributed by atoms with E-state index in [0.717, 1.165) is 21.4 Å². The van der Waals surface area contributed by atoms with Crippen LogP contribution in [0, 0.1) is 3.57 Å². The van der Waals surface area contributed by atoms with E-state index in [0.29, 0.717) is 5.56 Å². The molecule has 0 aliphatic heterocycles. The van der Waals surface area contributed by atoms with Crippen molar-refractivity contribution >= 4 is 28.3 Å². The Morgan fingerprint density at radius 2 is 1.57 bits per heavy atom. The van der Waals surface area contributed by atoms with E-state index in [4.69, 9.17) is 0 Å². The van der Waals surface area contributed by atoms with E-state index in [1.165, 1.54) is 12.1 Å². The Morgan fingerprint density at radius 3 is 2.10 bits per heavy atom. The van der Waals surface area contributed by atoms with Crippen LogP contribution in [0.25, 0.3) is 0 Å². The minimum atomic E-state index is -4.36. The van der Waals surface area contributed by atoms with Crippen molar-refractivity contribution in [3.8, 4) is 0 Å². The third kappa shape index (κ3) is 4.60. The van der Waals surface area contributed by atoms with Gasteiger partial charge >= 0.3 is 6.18 Å². The van der Waals surface area contributed by atoms with Gasteiger partial charge in [0.05, 0.1) is 11.7 Å². The highest BCUT2D eigenvalue weighted by Crippen LogP contribution is 2.30. The highest BCUT2D eigenvalue weighted by atomic mass is 127. The molecule has 0 bridgehead atoms. The van der Waals surface area contributed by atoms with E-state index in [2.05, 4.69) is 27.9 Å². The van der Waals surface area contributed by atoms with Crippen molar-refractivity contribution in [2.75, 3.05) is 11.9 Å². The van der Waals surface area contributed by atoms with Gasteiger partial charge < -0.3 is 10.4 Å². The standard InChI is InChI=1S/C15H13F3INO/c16-15(17,18)11-3-1-10(2-4-11)14(21)9-20-13-7-5-12(19)6-8-13/h1-8,14,20-21H,9H2. The Hall–Kier alpha value is -1.28. The minimum Gasteiger partial charge on any atom is -0.387 e. The van der Waals surface area contributed by atoms with Gasteiger partial charge in [0.15, 0.2) is 0 Å². The molecule has 2 aromatic rings. The lowest BCUT2D eigenvalue weighted by atomic mass is 10.1. The molecule has 0 aliphatic rings. The van der Waals surface area contributed by atoms with Crippen LogP contribution in [0.3, 0.4) is 0 Å². The summed E-state index contributed by atoms with van der Waals surface area (Å²) in [5.41, 5.74) is 0.575. The van der Waals surface area contributed by atoms with E-state index >= 15 is 0 Å². The van der Waals surface area contributed by atoms with Gasteiger partial charge in [-0.15, -0.1) is 0 Å². The van der Waals surface area contributed by atoms with Crippen LogP contribution in [0.2, 0.25) is 0 Å². The van der Waals surface area contributed by atoms with E-state index in [-0.39, 0.29) is 6.54 Å². The fourth-order valence-electron chi connectivity index (χ4n) is 1.79. The average Bonchev–Trinajstić information content (AvgIpc) is 2.45. The highest BCUT2D eigenvalue weighted by molar-refractivity contribution is 14.1. The third-order valence-electron chi connectivity index (χ3n) is 2.97. The first-order valence-corrected chi connectivity index (χ1v) is 7.29. The first-order valence-electron chi connectivity index (χ1n) is 6.21. The number of alkyl halides is 3. The van der Waals surface area contributed by atoms with Crippen LogP contribution in [0.1, 0.15) is 17.2 Å². The normalized spacial score (nSPS) is 13.0. The number of aliphatic hydroxyl groups excluding tert-OH is 1. The number of nitrogens with one attached hydrogen (secondary N) is 1. The van der Waals surface area contributed by atoms with Gasteiger partial charge in [0.2, 0.25) is 0 Å². The summed E-state index contributed by atoms with van der Waals surface area (Å²) in [4.78, 5) is 0. The Balaban J connectivity index is 1.97. The van der Waals surface area contributed by atoms with E-state index in [9.17, 15) is 18.3 Å². The second-order valence-corrected chi connectivity index (χ2v) is 5.77. The van der Waals surface area contributed by atoms with Crippen molar-refractivity contribution in [1.82, 2.24) is 0 Å². The summed E-state index contributed by atoms with van der Waals surface area (Å²) >= 11 is 2.19. The smallest absolute Gasteiger partial charge is 0.387 e. The quantitative estimate of drug-likeness (QED) is 0.734. The number of halogens is 4. The van der Waals surface area contributed by atoms with Gasteiger partial charge in [-0.1, -0.05) is 12.1 Å². The molecule has 1 atom stereocenters. The summed E-state index contributed by atoms with van der Waals surface area (Å²) in [5.74, 6) is 0. The molecule has 0 radical (unpaired) electrons. The monoisotopic (exact) mass is 407 g/mol. The van der Waals surface area contributed by atoms with Gasteiger partial charge in [0.1, 0.15) is 0 Å². The van der Waals surface area contributed by atoms with Crippen molar-refractivity contribution < 1.29 is 18.3 Å². The number of benzene rings is 2. The molecule has 0 saturated heterocycles. The Labute approximate surface area is 134 Å². The van der Waals surface area contributed by atoms with Crippen LogP contribution in [0.5, 0.6) is 0 Å². The first-order chi connectivity index (χ1) is 9.86. The topological polar surface area (TPSA) is 32.3 Å². The zero-order valence-corrected chi connectivity index (χ0v) is 13.0. The zero-order chi connectivity index (χ0) is 15.5. The molecular weight excluding hydrogens is 394 g/mol. The molecule has 2 N–H and O–H groups in total. The molecule has 21 heavy (non-hydrogen) atoms.